The Morgan fingerprint density at radius 2 is 1.71 bits per heavy atom. The highest BCUT2D eigenvalue weighted by Crippen LogP contribution is 2.31. The Balaban J connectivity index is 2.39. The minimum absolute atomic E-state index is 0.143. The van der Waals surface area contributed by atoms with Crippen molar-refractivity contribution in [1.82, 2.24) is 20.2 Å². The minimum Gasteiger partial charge on any atom is -0.394 e. The van der Waals surface area contributed by atoms with E-state index in [0.29, 0.717) is 11.1 Å². The maximum Gasteiger partial charge on any atom is 0.272 e. The largest absolute Gasteiger partial charge is 0.394 e. The van der Waals surface area contributed by atoms with Gasteiger partial charge in [0.05, 0.1) is 12.9 Å². The molecule has 2 heterocycles. The van der Waals surface area contributed by atoms with E-state index < -0.39 is 43.0 Å². The topological polar surface area (TPSA) is 146 Å². The molecule has 2 amide bonds. The van der Waals surface area contributed by atoms with Crippen molar-refractivity contribution < 1.29 is 29.6 Å². The Labute approximate surface area is 162 Å². The molecule has 0 spiro atoms. The van der Waals surface area contributed by atoms with Crippen molar-refractivity contribution in [2.45, 2.75) is 38.4 Å². The van der Waals surface area contributed by atoms with Crippen molar-refractivity contribution in [3.05, 3.63) is 42.0 Å². The van der Waals surface area contributed by atoms with Gasteiger partial charge in [-0.15, -0.1) is 0 Å². The molecule has 1 saturated heterocycles. The van der Waals surface area contributed by atoms with Crippen LogP contribution in [-0.4, -0.2) is 74.7 Å². The Morgan fingerprint density at radius 1 is 1.14 bits per heavy atom. The number of aliphatic hydroxyl groups excluding tert-OH is 3. The highest BCUT2D eigenvalue weighted by Gasteiger charge is 2.45. The number of nitrogens with one attached hydrogen (secondary N) is 2. The second kappa shape index (κ2) is 9.11. The molecule has 2 rings (SSSR count). The number of carbonyl (C=O) groups excluding carboxylic acids is 2. The zero-order valence-corrected chi connectivity index (χ0v) is 15.9. The van der Waals surface area contributed by atoms with Crippen LogP contribution in [0, 0.1) is 0 Å². The summed E-state index contributed by atoms with van der Waals surface area (Å²) >= 11 is 0. The molecule has 10 heteroatoms. The lowest BCUT2D eigenvalue weighted by Gasteiger charge is -2.19. The van der Waals surface area contributed by atoms with Crippen LogP contribution < -0.4 is 10.6 Å². The first-order valence-corrected chi connectivity index (χ1v) is 8.71. The van der Waals surface area contributed by atoms with Gasteiger partial charge in [0, 0.05) is 13.1 Å². The van der Waals surface area contributed by atoms with E-state index in [1.165, 1.54) is 10.9 Å². The zero-order chi connectivity index (χ0) is 21.0. The van der Waals surface area contributed by atoms with E-state index in [2.05, 4.69) is 28.8 Å². The van der Waals surface area contributed by atoms with Gasteiger partial charge in [0.2, 0.25) is 0 Å². The standard InChI is InChI=1S/C18H26N4O6/c1-9(2)5-19-16(26)12-13(17(27)20-6-10(3)4)22(8-21-12)18-15(25)14(24)11(7-23)28-18/h8,11,14-15,18,23-25H,1,3,5-7H2,2,4H3,(H,19,26)(H,20,27)/t11-,14-,15-,18-/m1/s1. The predicted octanol–water partition coefficient (Wildman–Crippen LogP) is -0.894. The number of aliphatic hydroxyl groups is 3. The van der Waals surface area contributed by atoms with Crippen LogP contribution in [0.1, 0.15) is 41.1 Å². The van der Waals surface area contributed by atoms with Crippen LogP contribution in [-0.2, 0) is 4.74 Å². The summed E-state index contributed by atoms with van der Waals surface area (Å²) in [5, 5.41) is 34.7. The quantitative estimate of drug-likeness (QED) is 0.359. The van der Waals surface area contributed by atoms with Gasteiger partial charge in [0.1, 0.15) is 24.0 Å². The molecular formula is C18H26N4O6. The zero-order valence-electron chi connectivity index (χ0n) is 15.9. The normalized spacial score (nSPS) is 24.0. The summed E-state index contributed by atoms with van der Waals surface area (Å²) in [4.78, 5) is 29.2. The SMILES string of the molecule is C=C(C)CNC(=O)c1ncn([C@@H]2O[C@H](CO)[C@@H](O)[C@H]2O)c1C(=O)NCC(=C)C. The van der Waals surface area contributed by atoms with Crippen LogP contribution in [0.3, 0.4) is 0 Å². The minimum atomic E-state index is -1.43. The fourth-order valence-corrected chi connectivity index (χ4v) is 2.68. The van der Waals surface area contributed by atoms with Crippen molar-refractivity contribution in [1.29, 1.82) is 0 Å². The molecule has 1 aromatic rings. The van der Waals surface area contributed by atoms with Crippen LogP contribution in [0.25, 0.3) is 0 Å². The van der Waals surface area contributed by atoms with Crippen molar-refractivity contribution in [2.24, 2.45) is 0 Å². The predicted molar refractivity (Wildman–Crippen MR) is 99.5 cm³/mol. The maximum absolute atomic E-state index is 12.7. The Hall–Kier alpha value is -2.53. The highest BCUT2D eigenvalue weighted by atomic mass is 16.6. The molecule has 0 bridgehead atoms. The molecule has 0 unspecified atom stereocenters. The van der Waals surface area contributed by atoms with Crippen LogP contribution in [0.2, 0.25) is 0 Å². The molecule has 5 N–H and O–H groups in total. The van der Waals surface area contributed by atoms with Crippen LogP contribution in [0.5, 0.6) is 0 Å². The number of ether oxygens (including phenoxy) is 1. The second-order valence-corrected chi connectivity index (χ2v) is 6.86. The Bertz CT molecular complexity index is 774. The number of carbonyl (C=O) groups is 2. The lowest BCUT2D eigenvalue weighted by Crippen LogP contribution is -2.35. The molecule has 1 aliphatic heterocycles. The van der Waals surface area contributed by atoms with Gasteiger partial charge in [-0.25, -0.2) is 4.98 Å². The molecule has 10 nitrogen and oxygen atoms in total. The first-order valence-electron chi connectivity index (χ1n) is 8.71. The van der Waals surface area contributed by atoms with Crippen molar-refractivity contribution >= 4 is 11.8 Å². The summed E-state index contributed by atoms with van der Waals surface area (Å²) in [7, 11) is 0. The van der Waals surface area contributed by atoms with Gasteiger partial charge in [-0.05, 0) is 13.8 Å². The number of aromatic nitrogens is 2. The summed E-state index contributed by atoms with van der Waals surface area (Å²) < 4.78 is 6.63. The maximum atomic E-state index is 12.7. The fourth-order valence-electron chi connectivity index (χ4n) is 2.68. The fraction of sp³-hybridized carbons (Fsp3) is 0.500. The van der Waals surface area contributed by atoms with Gasteiger partial charge in [-0.2, -0.15) is 0 Å². The number of rotatable bonds is 8. The second-order valence-electron chi connectivity index (χ2n) is 6.86. The van der Waals surface area contributed by atoms with Gasteiger partial charge in [-0.1, -0.05) is 24.3 Å². The molecule has 1 aliphatic rings. The summed E-state index contributed by atoms with van der Waals surface area (Å²) in [6.07, 6.45) is -3.84. The molecule has 1 fully saturated rings. The molecule has 28 heavy (non-hydrogen) atoms. The molecule has 1 aromatic heterocycles. The number of hydrogen-bond donors (Lipinski definition) is 5. The van der Waals surface area contributed by atoms with E-state index in [0.717, 1.165) is 0 Å². The van der Waals surface area contributed by atoms with Crippen molar-refractivity contribution in [2.75, 3.05) is 19.7 Å². The Kier molecular flexibility index (Phi) is 7.08. The third-order valence-electron chi connectivity index (χ3n) is 4.12. The van der Waals surface area contributed by atoms with E-state index in [1.54, 1.807) is 13.8 Å². The number of hydrogen-bond acceptors (Lipinski definition) is 7. The van der Waals surface area contributed by atoms with Gasteiger partial charge < -0.3 is 30.7 Å². The first-order chi connectivity index (χ1) is 13.2. The smallest absolute Gasteiger partial charge is 0.272 e. The molecule has 154 valence electrons. The summed E-state index contributed by atoms with van der Waals surface area (Å²) in [6, 6.07) is 0. The first kappa shape index (κ1) is 21.8. The van der Waals surface area contributed by atoms with Gasteiger partial charge in [-0.3, -0.25) is 14.2 Å². The number of nitrogens with zero attached hydrogens (tertiary/aromatic N) is 2. The summed E-state index contributed by atoms with van der Waals surface area (Å²) in [5.41, 5.74) is 1.10. The van der Waals surface area contributed by atoms with Crippen LogP contribution >= 0.6 is 0 Å². The third-order valence-corrected chi connectivity index (χ3v) is 4.12. The van der Waals surface area contributed by atoms with E-state index >= 15 is 0 Å². The summed E-state index contributed by atoms with van der Waals surface area (Å²) in [6.45, 7) is 10.7. The number of amides is 2. The summed E-state index contributed by atoms with van der Waals surface area (Å²) in [5.74, 6) is -1.23. The van der Waals surface area contributed by atoms with Gasteiger partial charge >= 0.3 is 0 Å². The van der Waals surface area contributed by atoms with E-state index in [9.17, 15) is 24.9 Å². The van der Waals surface area contributed by atoms with Crippen molar-refractivity contribution in [3.8, 4) is 0 Å². The molecular weight excluding hydrogens is 368 g/mol. The Morgan fingerprint density at radius 3 is 2.21 bits per heavy atom. The van der Waals surface area contributed by atoms with Gasteiger partial charge in [0.25, 0.3) is 11.8 Å². The van der Waals surface area contributed by atoms with Gasteiger partial charge in [0.15, 0.2) is 11.9 Å². The lowest BCUT2D eigenvalue weighted by atomic mass is 10.1. The average Bonchev–Trinajstić information content (AvgIpc) is 3.19. The van der Waals surface area contributed by atoms with Crippen LogP contribution in [0.15, 0.2) is 30.6 Å². The number of imidazole rings is 1. The third kappa shape index (κ3) is 4.65. The molecule has 0 aromatic carbocycles. The van der Waals surface area contributed by atoms with E-state index in [-0.39, 0.29) is 24.5 Å². The van der Waals surface area contributed by atoms with Crippen molar-refractivity contribution in [3.63, 3.8) is 0 Å². The average molecular weight is 394 g/mol. The van der Waals surface area contributed by atoms with Crippen LogP contribution in [0.4, 0.5) is 0 Å². The lowest BCUT2D eigenvalue weighted by molar-refractivity contribution is -0.0535. The molecule has 0 aliphatic carbocycles. The van der Waals surface area contributed by atoms with E-state index in [4.69, 9.17) is 4.74 Å². The monoisotopic (exact) mass is 394 g/mol. The molecule has 0 radical (unpaired) electrons. The molecule has 0 saturated carbocycles. The molecule has 4 atom stereocenters. The highest BCUT2D eigenvalue weighted by molar-refractivity contribution is 6.05. The van der Waals surface area contributed by atoms with E-state index in [1.807, 2.05) is 0 Å².